The number of nitrogens with zero attached hydrogens (tertiary/aromatic N) is 4. The van der Waals surface area contributed by atoms with Crippen LogP contribution in [0.2, 0.25) is 0 Å². The summed E-state index contributed by atoms with van der Waals surface area (Å²) < 4.78 is 2.66. The van der Waals surface area contributed by atoms with Gasteiger partial charge in [0, 0.05) is 31.9 Å². The lowest BCUT2D eigenvalue weighted by molar-refractivity contribution is -0.133. The molecule has 20 heavy (non-hydrogen) atoms. The minimum absolute atomic E-state index is 0.00671. The third-order valence-electron chi connectivity index (χ3n) is 3.49. The second kappa shape index (κ2) is 5.09. The van der Waals surface area contributed by atoms with Crippen molar-refractivity contribution < 1.29 is 4.79 Å². The van der Waals surface area contributed by atoms with Gasteiger partial charge in [0.2, 0.25) is 5.91 Å². The predicted octanol–water partition coefficient (Wildman–Crippen LogP) is -0.684. The zero-order valence-electron chi connectivity index (χ0n) is 11.3. The Morgan fingerprint density at radius 1 is 1.50 bits per heavy atom. The number of rotatable bonds is 2. The molecule has 0 spiro atoms. The number of carbonyl (C=O) groups excluding carboxylic acids is 1. The van der Waals surface area contributed by atoms with E-state index in [-0.39, 0.29) is 24.2 Å². The van der Waals surface area contributed by atoms with Crippen LogP contribution in [0.4, 0.5) is 0 Å². The molecule has 0 saturated carbocycles. The molecule has 106 valence electrons. The van der Waals surface area contributed by atoms with Crippen LogP contribution in [0.3, 0.4) is 0 Å². The smallest absolute Gasteiger partial charge is 0.338 e. The highest BCUT2D eigenvalue weighted by molar-refractivity contribution is 5.76. The summed E-state index contributed by atoms with van der Waals surface area (Å²) in [5, 5.41) is 7.45. The molecule has 1 N–H and O–H groups in total. The Balaban J connectivity index is 1.80. The van der Waals surface area contributed by atoms with Gasteiger partial charge in [-0.2, -0.15) is 0 Å². The fourth-order valence-corrected chi connectivity index (χ4v) is 2.46. The van der Waals surface area contributed by atoms with Crippen LogP contribution < -0.4 is 11.0 Å². The molecule has 0 radical (unpaired) electrons. The molecule has 2 aromatic heterocycles. The molecule has 3 rings (SSSR count). The third-order valence-corrected chi connectivity index (χ3v) is 3.49. The van der Waals surface area contributed by atoms with Crippen LogP contribution in [0.15, 0.2) is 29.2 Å². The first-order chi connectivity index (χ1) is 9.65. The highest BCUT2D eigenvalue weighted by Crippen LogP contribution is 2.01. The van der Waals surface area contributed by atoms with E-state index < -0.39 is 0 Å². The van der Waals surface area contributed by atoms with E-state index in [0.29, 0.717) is 18.7 Å². The summed E-state index contributed by atoms with van der Waals surface area (Å²) in [6.07, 6.45) is 1.65. The van der Waals surface area contributed by atoms with Gasteiger partial charge in [0.05, 0.1) is 0 Å². The fourth-order valence-electron chi connectivity index (χ4n) is 2.46. The molecule has 0 aliphatic carbocycles. The monoisotopic (exact) mass is 275 g/mol. The fraction of sp³-hybridized carbons (Fsp3) is 0.462. The lowest BCUT2D eigenvalue weighted by Gasteiger charge is -2.31. The van der Waals surface area contributed by atoms with E-state index in [1.807, 2.05) is 13.0 Å². The maximum absolute atomic E-state index is 12.2. The Bertz CT molecular complexity index is 689. The van der Waals surface area contributed by atoms with Gasteiger partial charge in [-0.05, 0) is 19.1 Å². The summed E-state index contributed by atoms with van der Waals surface area (Å²) in [7, 11) is 0. The molecule has 1 aliphatic rings. The van der Waals surface area contributed by atoms with Gasteiger partial charge >= 0.3 is 5.69 Å². The van der Waals surface area contributed by atoms with Gasteiger partial charge in [-0.25, -0.2) is 9.48 Å². The van der Waals surface area contributed by atoms with Gasteiger partial charge in [0.25, 0.3) is 0 Å². The van der Waals surface area contributed by atoms with Gasteiger partial charge in [0.15, 0.2) is 5.65 Å². The molecule has 1 aliphatic heterocycles. The minimum Gasteiger partial charge on any atom is -0.338 e. The number of nitrogens with one attached hydrogen (secondary N) is 1. The van der Waals surface area contributed by atoms with E-state index in [0.717, 1.165) is 6.54 Å². The SMILES string of the molecule is CC1CN(C(=O)Cn2nc3ccccn3c2=O)CCN1. The summed E-state index contributed by atoms with van der Waals surface area (Å²) in [6, 6.07) is 5.60. The van der Waals surface area contributed by atoms with E-state index >= 15 is 0 Å². The molecule has 0 aromatic carbocycles. The van der Waals surface area contributed by atoms with Gasteiger partial charge < -0.3 is 10.2 Å². The zero-order valence-corrected chi connectivity index (χ0v) is 11.3. The number of aromatic nitrogens is 3. The van der Waals surface area contributed by atoms with Crippen LogP contribution in [0.1, 0.15) is 6.92 Å². The van der Waals surface area contributed by atoms with Gasteiger partial charge in [-0.1, -0.05) is 6.07 Å². The van der Waals surface area contributed by atoms with Crippen molar-refractivity contribution in [1.82, 2.24) is 24.4 Å². The first kappa shape index (κ1) is 12.9. The van der Waals surface area contributed by atoms with Crippen molar-refractivity contribution in [1.29, 1.82) is 0 Å². The average molecular weight is 275 g/mol. The van der Waals surface area contributed by atoms with Crippen LogP contribution >= 0.6 is 0 Å². The third kappa shape index (κ3) is 2.32. The molecule has 3 heterocycles. The Morgan fingerprint density at radius 2 is 2.35 bits per heavy atom. The first-order valence-corrected chi connectivity index (χ1v) is 6.70. The highest BCUT2D eigenvalue weighted by Gasteiger charge is 2.21. The van der Waals surface area contributed by atoms with Crippen molar-refractivity contribution in [3.8, 4) is 0 Å². The van der Waals surface area contributed by atoms with Crippen molar-refractivity contribution in [3.63, 3.8) is 0 Å². The maximum atomic E-state index is 12.2. The molecule has 1 amide bonds. The Morgan fingerprint density at radius 3 is 3.10 bits per heavy atom. The van der Waals surface area contributed by atoms with Crippen LogP contribution in [0.5, 0.6) is 0 Å². The summed E-state index contributed by atoms with van der Waals surface area (Å²) in [4.78, 5) is 26.1. The van der Waals surface area contributed by atoms with Crippen LogP contribution in [-0.2, 0) is 11.3 Å². The quantitative estimate of drug-likeness (QED) is 0.788. The molecule has 1 saturated heterocycles. The average Bonchev–Trinajstić information content (AvgIpc) is 2.76. The molecule has 7 nitrogen and oxygen atoms in total. The van der Waals surface area contributed by atoms with Crippen molar-refractivity contribution in [3.05, 3.63) is 34.9 Å². The standard InChI is InChI=1S/C13H17N5O2/c1-10-8-16(7-5-14-10)12(19)9-18-13(20)17-6-3-2-4-11(17)15-18/h2-4,6,10,14H,5,7-9H2,1H3. The van der Waals surface area contributed by atoms with Crippen LogP contribution in [0.25, 0.3) is 5.65 Å². The van der Waals surface area contributed by atoms with Gasteiger partial charge in [-0.3, -0.25) is 9.20 Å². The van der Waals surface area contributed by atoms with Crippen molar-refractivity contribution in [2.45, 2.75) is 19.5 Å². The maximum Gasteiger partial charge on any atom is 0.350 e. The number of hydrogen-bond acceptors (Lipinski definition) is 4. The molecule has 2 aromatic rings. The number of piperazine rings is 1. The molecule has 0 bridgehead atoms. The zero-order chi connectivity index (χ0) is 14.1. The van der Waals surface area contributed by atoms with E-state index in [1.54, 1.807) is 23.2 Å². The second-order valence-electron chi connectivity index (χ2n) is 5.06. The summed E-state index contributed by atoms with van der Waals surface area (Å²) in [5.74, 6) is -0.0659. The van der Waals surface area contributed by atoms with Crippen molar-refractivity contribution in [2.24, 2.45) is 0 Å². The number of fused-ring (bicyclic) bond motifs is 1. The summed E-state index contributed by atoms with van der Waals surface area (Å²) in [6.45, 7) is 4.16. The lowest BCUT2D eigenvalue weighted by atomic mass is 10.2. The van der Waals surface area contributed by atoms with E-state index in [2.05, 4.69) is 10.4 Å². The Labute approximate surface area is 115 Å². The number of hydrogen-bond donors (Lipinski definition) is 1. The molecular formula is C13H17N5O2. The highest BCUT2D eigenvalue weighted by atomic mass is 16.2. The van der Waals surface area contributed by atoms with Crippen molar-refractivity contribution in [2.75, 3.05) is 19.6 Å². The van der Waals surface area contributed by atoms with E-state index in [9.17, 15) is 9.59 Å². The van der Waals surface area contributed by atoms with E-state index in [4.69, 9.17) is 0 Å². The van der Waals surface area contributed by atoms with Gasteiger partial charge in [-0.15, -0.1) is 5.10 Å². The normalized spacial score (nSPS) is 19.4. The molecular weight excluding hydrogens is 258 g/mol. The lowest BCUT2D eigenvalue weighted by Crippen LogP contribution is -2.52. The van der Waals surface area contributed by atoms with Crippen molar-refractivity contribution >= 4 is 11.6 Å². The number of carbonyl (C=O) groups is 1. The molecule has 1 fully saturated rings. The number of amides is 1. The molecule has 7 heteroatoms. The molecule has 1 unspecified atom stereocenters. The topological polar surface area (TPSA) is 71.6 Å². The largest absolute Gasteiger partial charge is 0.350 e. The summed E-state index contributed by atoms with van der Waals surface area (Å²) in [5.41, 5.74) is 0.274. The molecule has 1 atom stereocenters. The van der Waals surface area contributed by atoms with Crippen LogP contribution in [-0.4, -0.2) is 50.7 Å². The van der Waals surface area contributed by atoms with Crippen LogP contribution in [0, 0.1) is 0 Å². The van der Waals surface area contributed by atoms with E-state index in [1.165, 1.54) is 9.08 Å². The summed E-state index contributed by atoms with van der Waals surface area (Å²) >= 11 is 0. The first-order valence-electron chi connectivity index (χ1n) is 6.70. The minimum atomic E-state index is -0.280. The number of pyridine rings is 1. The predicted molar refractivity (Wildman–Crippen MR) is 73.5 cm³/mol. The Hall–Kier alpha value is -2.15. The Kier molecular flexibility index (Phi) is 3.27. The second-order valence-corrected chi connectivity index (χ2v) is 5.06. The van der Waals surface area contributed by atoms with Gasteiger partial charge in [0.1, 0.15) is 6.54 Å².